The topological polar surface area (TPSA) is 105 Å². The second-order valence-corrected chi connectivity index (χ2v) is 11.1. The summed E-state index contributed by atoms with van der Waals surface area (Å²) in [5, 5.41) is 2.94. The molecule has 1 aromatic rings. The SMILES string of the molecule is CC(C)NS(=O)(=O)Cc1ccc(CNC(=O)C2CCN(C(=O)OC(C)(C)C)CC2)cc1. The first-order chi connectivity index (χ1) is 14.3. The Morgan fingerprint density at radius 1 is 1.10 bits per heavy atom. The molecule has 2 N–H and O–H groups in total. The molecule has 0 saturated carbocycles. The maximum Gasteiger partial charge on any atom is 0.410 e. The van der Waals surface area contributed by atoms with Crippen molar-refractivity contribution in [1.29, 1.82) is 0 Å². The van der Waals surface area contributed by atoms with Crippen LogP contribution in [0.3, 0.4) is 0 Å². The number of likely N-dealkylation sites (tertiary alicyclic amines) is 1. The van der Waals surface area contributed by atoms with E-state index in [-0.39, 0.29) is 29.7 Å². The maximum absolute atomic E-state index is 12.5. The third kappa shape index (κ3) is 8.86. The first kappa shape index (κ1) is 25.1. The van der Waals surface area contributed by atoms with Crippen molar-refractivity contribution in [2.45, 2.75) is 71.4 Å². The van der Waals surface area contributed by atoms with Crippen LogP contribution in [-0.2, 0) is 31.9 Å². The summed E-state index contributed by atoms with van der Waals surface area (Å²) in [7, 11) is -3.36. The number of hydrogen-bond acceptors (Lipinski definition) is 5. The van der Waals surface area contributed by atoms with E-state index in [1.807, 2.05) is 32.9 Å². The Hall–Kier alpha value is -2.13. The number of amides is 2. The van der Waals surface area contributed by atoms with E-state index in [4.69, 9.17) is 4.74 Å². The molecular formula is C22H35N3O5S. The first-order valence-corrected chi connectivity index (χ1v) is 12.3. The molecule has 0 aliphatic carbocycles. The van der Waals surface area contributed by atoms with Gasteiger partial charge >= 0.3 is 6.09 Å². The fourth-order valence-electron chi connectivity index (χ4n) is 3.36. The summed E-state index contributed by atoms with van der Waals surface area (Å²) in [5.74, 6) is -0.240. The maximum atomic E-state index is 12.5. The van der Waals surface area contributed by atoms with Crippen molar-refractivity contribution in [1.82, 2.24) is 14.9 Å². The molecule has 174 valence electrons. The van der Waals surface area contributed by atoms with Gasteiger partial charge in [0.15, 0.2) is 0 Å². The molecule has 0 radical (unpaired) electrons. The van der Waals surface area contributed by atoms with Gasteiger partial charge in [-0.2, -0.15) is 0 Å². The average molecular weight is 454 g/mol. The van der Waals surface area contributed by atoms with E-state index in [0.717, 1.165) is 5.56 Å². The smallest absolute Gasteiger partial charge is 0.410 e. The molecule has 1 heterocycles. The Bertz CT molecular complexity index is 852. The highest BCUT2D eigenvalue weighted by molar-refractivity contribution is 7.88. The minimum atomic E-state index is -3.36. The lowest BCUT2D eigenvalue weighted by molar-refractivity contribution is -0.126. The van der Waals surface area contributed by atoms with Crippen molar-refractivity contribution < 1.29 is 22.7 Å². The second kappa shape index (κ2) is 10.5. The Morgan fingerprint density at radius 2 is 1.65 bits per heavy atom. The number of hydrogen-bond donors (Lipinski definition) is 2. The number of carbonyl (C=O) groups is 2. The summed E-state index contributed by atoms with van der Waals surface area (Å²) in [6.45, 7) is 10.4. The summed E-state index contributed by atoms with van der Waals surface area (Å²) >= 11 is 0. The van der Waals surface area contributed by atoms with Crippen molar-refractivity contribution in [2.24, 2.45) is 5.92 Å². The number of sulfonamides is 1. The monoisotopic (exact) mass is 453 g/mol. The molecule has 2 amide bonds. The molecule has 1 aliphatic rings. The highest BCUT2D eigenvalue weighted by Gasteiger charge is 2.29. The number of carbonyl (C=O) groups excluding carboxylic acids is 2. The molecule has 0 unspecified atom stereocenters. The number of nitrogens with one attached hydrogen (secondary N) is 2. The lowest BCUT2D eigenvalue weighted by atomic mass is 9.96. The third-order valence-electron chi connectivity index (χ3n) is 4.78. The summed E-state index contributed by atoms with van der Waals surface area (Å²) in [6, 6.07) is 7.04. The molecule has 0 aromatic heterocycles. The Balaban J connectivity index is 1.78. The standard InChI is InChI=1S/C22H35N3O5S/c1-16(2)24-31(28,29)15-18-8-6-17(7-9-18)14-23-20(26)19-10-12-25(13-11-19)21(27)30-22(3,4)5/h6-9,16,19,24H,10-15H2,1-5H3,(H,23,26). The van der Waals surface area contributed by atoms with Crippen LogP contribution in [0.2, 0.25) is 0 Å². The van der Waals surface area contributed by atoms with E-state index in [1.165, 1.54) is 0 Å². The molecule has 0 bridgehead atoms. The molecule has 8 nitrogen and oxygen atoms in total. The molecule has 0 atom stereocenters. The highest BCUT2D eigenvalue weighted by Crippen LogP contribution is 2.20. The lowest BCUT2D eigenvalue weighted by Gasteiger charge is -2.32. The summed E-state index contributed by atoms with van der Waals surface area (Å²) in [6.07, 6.45) is 0.868. The number of ether oxygens (including phenoxy) is 1. The number of rotatable bonds is 7. The van der Waals surface area contributed by atoms with Gasteiger partial charge in [0.2, 0.25) is 15.9 Å². The molecule has 1 fully saturated rings. The molecule has 1 saturated heterocycles. The van der Waals surface area contributed by atoms with Crippen LogP contribution < -0.4 is 10.0 Å². The Labute approximate surface area is 185 Å². The van der Waals surface area contributed by atoms with Crippen molar-refractivity contribution in [3.8, 4) is 0 Å². The number of piperidine rings is 1. The van der Waals surface area contributed by atoms with Gasteiger partial charge in [0.25, 0.3) is 0 Å². The van der Waals surface area contributed by atoms with Gasteiger partial charge in [0.05, 0.1) is 5.75 Å². The highest BCUT2D eigenvalue weighted by atomic mass is 32.2. The minimum Gasteiger partial charge on any atom is -0.444 e. The van der Waals surface area contributed by atoms with Gasteiger partial charge in [-0.15, -0.1) is 0 Å². The zero-order valence-corrected chi connectivity index (χ0v) is 19.9. The Kier molecular flexibility index (Phi) is 8.48. The van der Waals surface area contributed by atoms with E-state index in [0.29, 0.717) is 38.0 Å². The predicted molar refractivity (Wildman–Crippen MR) is 120 cm³/mol. The van der Waals surface area contributed by atoms with Crippen LogP contribution in [0, 0.1) is 5.92 Å². The molecule has 31 heavy (non-hydrogen) atoms. The van der Waals surface area contributed by atoms with E-state index >= 15 is 0 Å². The third-order valence-corrected chi connectivity index (χ3v) is 6.32. The normalized spacial score (nSPS) is 15.7. The van der Waals surface area contributed by atoms with E-state index in [1.54, 1.807) is 30.9 Å². The fourth-order valence-corrected chi connectivity index (χ4v) is 4.79. The van der Waals surface area contributed by atoms with Crippen LogP contribution in [0.4, 0.5) is 4.79 Å². The summed E-state index contributed by atoms with van der Waals surface area (Å²) in [4.78, 5) is 26.3. The molecule has 1 aromatic carbocycles. The first-order valence-electron chi connectivity index (χ1n) is 10.7. The van der Waals surface area contributed by atoms with Gasteiger partial charge in [-0.1, -0.05) is 24.3 Å². The Morgan fingerprint density at radius 3 is 2.16 bits per heavy atom. The van der Waals surface area contributed by atoms with Crippen molar-refractivity contribution >= 4 is 22.0 Å². The van der Waals surface area contributed by atoms with Gasteiger partial charge in [-0.05, 0) is 58.6 Å². The van der Waals surface area contributed by atoms with Crippen molar-refractivity contribution in [3.63, 3.8) is 0 Å². The van der Waals surface area contributed by atoms with Gasteiger partial charge in [0.1, 0.15) is 5.60 Å². The molecule has 0 spiro atoms. The van der Waals surface area contributed by atoms with E-state index < -0.39 is 15.6 Å². The number of benzene rings is 1. The quantitative estimate of drug-likeness (QED) is 0.661. The summed E-state index contributed by atoms with van der Waals surface area (Å²) < 4.78 is 32.0. The van der Waals surface area contributed by atoms with Gasteiger partial charge < -0.3 is 15.0 Å². The molecule has 2 rings (SSSR count). The van der Waals surface area contributed by atoms with Crippen LogP contribution >= 0.6 is 0 Å². The predicted octanol–water partition coefficient (Wildman–Crippen LogP) is 2.78. The van der Waals surface area contributed by atoms with E-state index in [2.05, 4.69) is 10.0 Å². The largest absolute Gasteiger partial charge is 0.444 e. The number of nitrogens with zero attached hydrogens (tertiary/aromatic N) is 1. The fraction of sp³-hybridized carbons (Fsp3) is 0.636. The van der Waals surface area contributed by atoms with Gasteiger partial charge in [0, 0.05) is 31.6 Å². The van der Waals surface area contributed by atoms with Crippen molar-refractivity contribution in [3.05, 3.63) is 35.4 Å². The zero-order chi connectivity index (χ0) is 23.2. The van der Waals surface area contributed by atoms with Crippen LogP contribution in [0.25, 0.3) is 0 Å². The molecule has 1 aliphatic heterocycles. The van der Waals surface area contributed by atoms with Crippen LogP contribution in [0.1, 0.15) is 58.6 Å². The molecule has 9 heteroatoms. The van der Waals surface area contributed by atoms with E-state index in [9.17, 15) is 18.0 Å². The summed E-state index contributed by atoms with van der Waals surface area (Å²) in [5.41, 5.74) is 1.06. The lowest BCUT2D eigenvalue weighted by Crippen LogP contribution is -2.44. The zero-order valence-electron chi connectivity index (χ0n) is 19.1. The van der Waals surface area contributed by atoms with Gasteiger partial charge in [-0.3, -0.25) is 4.79 Å². The van der Waals surface area contributed by atoms with Crippen LogP contribution in [-0.4, -0.2) is 50.1 Å². The second-order valence-electron chi connectivity index (χ2n) is 9.31. The van der Waals surface area contributed by atoms with Gasteiger partial charge in [-0.25, -0.2) is 17.9 Å². The van der Waals surface area contributed by atoms with Crippen LogP contribution in [0.5, 0.6) is 0 Å². The molecular weight excluding hydrogens is 418 g/mol. The average Bonchev–Trinajstić information content (AvgIpc) is 2.64. The van der Waals surface area contributed by atoms with Crippen molar-refractivity contribution in [2.75, 3.05) is 13.1 Å². The van der Waals surface area contributed by atoms with Crippen LogP contribution in [0.15, 0.2) is 24.3 Å². The minimum absolute atomic E-state index is 0.0309.